The van der Waals surface area contributed by atoms with Gasteiger partial charge in [0.2, 0.25) is 11.8 Å². The zero-order valence-electron chi connectivity index (χ0n) is 30.0. The van der Waals surface area contributed by atoms with Gasteiger partial charge in [0.15, 0.2) is 5.03 Å². The molecule has 47 heavy (non-hydrogen) atoms. The number of guanidine groups is 1. The van der Waals surface area contributed by atoms with E-state index in [1.54, 1.807) is 0 Å². The molecule has 12 nitrogen and oxygen atoms in total. The third-order valence-corrected chi connectivity index (χ3v) is 10.9. The molecule has 0 aromatic heterocycles. The molecular weight excluding hydrogens is 599 g/mol. The fourth-order valence-corrected chi connectivity index (χ4v) is 8.03. The highest BCUT2D eigenvalue weighted by atomic mass is 16.7. The lowest BCUT2D eigenvalue weighted by atomic mass is 9.43. The minimum Gasteiger partial charge on any atom is -0.404 e. The van der Waals surface area contributed by atoms with E-state index in [2.05, 4.69) is 57.2 Å². The summed E-state index contributed by atoms with van der Waals surface area (Å²) in [6.45, 7) is 13.4. The van der Waals surface area contributed by atoms with Crippen LogP contribution in [0.15, 0.2) is 4.99 Å². The van der Waals surface area contributed by atoms with E-state index in [-0.39, 0.29) is 53.3 Å². The van der Waals surface area contributed by atoms with Gasteiger partial charge in [0.05, 0.1) is 17.6 Å². The van der Waals surface area contributed by atoms with Crippen LogP contribution < -0.4 is 21.8 Å². The van der Waals surface area contributed by atoms with Gasteiger partial charge in [-0.1, -0.05) is 97.8 Å². The van der Waals surface area contributed by atoms with Gasteiger partial charge in [0.1, 0.15) is 6.04 Å². The number of carbonyl (C=O) groups excluding carboxylic acids is 2. The minimum absolute atomic E-state index is 0.00323. The molecule has 268 valence electrons. The quantitative estimate of drug-likeness (QED) is 0.0296. The van der Waals surface area contributed by atoms with Crippen molar-refractivity contribution in [3.8, 4) is 0 Å². The summed E-state index contributed by atoms with van der Waals surface area (Å²) in [7, 11) is -0.563. The molecule has 1 heterocycles. The molecule has 13 heteroatoms. The second kappa shape index (κ2) is 18.4. The largest absolute Gasteiger partial charge is 0.481 e. The van der Waals surface area contributed by atoms with Gasteiger partial charge in [-0.15, -0.1) is 0 Å². The van der Waals surface area contributed by atoms with Crippen molar-refractivity contribution in [3.63, 3.8) is 0 Å². The SMILES string of the molecule is CCCCCCCCCCCCC(=O)N[C@@H](CCCN=C(N)N[N+](=O)[O-])C(=O)N[C@@H](CC(C)C)B1O[C@@H]2C[C@@H]3C[C@@H](C3(C)C)[C@]2(C)O1. The smallest absolute Gasteiger partial charge is 0.404 e. The maximum atomic E-state index is 13.8. The molecule has 1 aliphatic heterocycles. The zero-order chi connectivity index (χ0) is 34.6. The number of nitrogens with zero attached hydrogens (tertiary/aromatic N) is 2. The average molecular weight is 663 g/mol. The molecule has 4 aliphatic rings. The van der Waals surface area contributed by atoms with Gasteiger partial charge in [-0.2, -0.15) is 0 Å². The van der Waals surface area contributed by atoms with Crippen molar-refractivity contribution in [3.05, 3.63) is 10.1 Å². The number of hydrogen-bond acceptors (Lipinski definition) is 7. The number of rotatable bonds is 22. The summed E-state index contributed by atoms with van der Waals surface area (Å²) in [5.74, 6) is 0.201. The second-order valence-corrected chi connectivity index (χ2v) is 15.4. The summed E-state index contributed by atoms with van der Waals surface area (Å²) in [5.41, 5.74) is 7.20. The first kappa shape index (κ1) is 39.0. The Balaban J connectivity index is 1.57. The molecule has 3 saturated carbocycles. The van der Waals surface area contributed by atoms with E-state index < -0.39 is 18.2 Å². The van der Waals surface area contributed by atoms with Crippen molar-refractivity contribution in [1.29, 1.82) is 0 Å². The Morgan fingerprint density at radius 1 is 1.00 bits per heavy atom. The maximum absolute atomic E-state index is 13.8. The van der Waals surface area contributed by atoms with E-state index in [0.717, 1.165) is 32.1 Å². The van der Waals surface area contributed by atoms with Gasteiger partial charge >= 0.3 is 7.12 Å². The molecule has 0 aromatic carbocycles. The van der Waals surface area contributed by atoms with E-state index in [1.165, 1.54) is 44.9 Å². The second-order valence-electron chi connectivity index (χ2n) is 15.4. The summed E-state index contributed by atoms with van der Waals surface area (Å²) in [5, 5.41) is 16.0. The first-order valence-electron chi connectivity index (χ1n) is 18.4. The van der Waals surface area contributed by atoms with Crippen molar-refractivity contribution < 1.29 is 23.9 Å². The average Bonchev–Trinajstić information content (AvgIpc) is 3.36. The van der Waals surface area contributed by atoms with Gasteiger partial charge in [0.25, 0.3) is 5.96 Å². The first-order chi connectivity index (χ1) is 22.3. The molecule has 3 aliphatic carbocycles. The predicted octanol–water partition coefficient (Wildman–Crippen LogP) is 5.46. The number of nitrogens with one attached hydrogen (secondary N) is 3. The number of amides is 2. The summed E-state index contributed by atoms with van der Waals surface area (Å²) in [4.78, 5) is 41.4. The lowest BCUT2D eigenvalue weighted by Crippen LogP contribution is -2.65. The number of carbonyl (C=O) groups is 2. The van der Waals surface area contributed by atoms with Crippen LogP contribution in [0.5, 0.6) is 0 Å². The van der Waals surface area contributed by atoms with Crippen molar-refractivity contribution in [2.24, 2.45) is 33.9 Å². The lowest BCUT2D eigenvalue weighted by Gasteiger charge is -2.64. The fraction of sp³-hybridized carbons (Fsp3) is 0.912. The van der Waals surface area contributed by atoms with Crippen LogP contribution in [0, 0.1) is 33.3 Å². The number of hydrazine groups is 1. The fourth-order valence-electron chi connectivity index (χ4n) is 8.03. The monoisotopic (exact) mass is 662 g/mol. The van der Waals surface area contributed by atoms with Gasteiger partial charge < -0.3 is 25.7 Å². The van der Waals surface area contributed by atoms with Crippen molar-refractivity contribution >= 4 is 24.9 Å². The molecule has 0 spiro atoms. The van der Waals surface area contributed by atoms with Crippen LogP contribution in [-0.4, -0.2) is 60.2 Å². The van der Waals surface area contributed by atoms with Crippen LogP contribution in [0.1, 0.15) is 144 Å². The van der Waals surface area contributed by atoms with Gasteiger partial charge in [-0.25, -0.2) is 15.1 Å². The van der Waals surface area contributed by atoms with Gasteiger partial charge in [0, 0.05) is 13.0 Å². The first-order valence-corrected chi connectivity index (χ1v) is 18.4. The molecule has 5 N–H and O–H groups in total. The molecule has 1 saturated heterocycles. The zero-order valence-corrected chi connectivity index (χ0v) is 30.0. The Morgan fingerprint density at radius 3 is 2.23 bits per heavy atom. The van der Waals surface area contributed by atoms with E-state index in [9.17, 15) is 19.7 Å². The standard InChI is InChI=1S/C34H63BN6O6/c1-7-8-9-10-11-12-13-14-15-16-19-30(42)38-26(18-17-20-37-32(36)40-41(44)45)31(43)39-29(21-24(2)3)35-46-28-23-25-22-27(33(25,4)5)34(28,6)47-35/h24-29H,7-23H2,1-6H3,(H,38,42)(H,39,43)(H3,36,37,40)/t25-,26-,27-,28+,29-,34-/m0/s1. The molecule has 6 atom stereocenters. The van der Waals surface area contributed by atoms with E-state index in [1.807, 2.05) is 5.43 Å². The van der Waals surface area contributed by atoms with Gasteiger partial charge in [-0.05, 0) is 68.6 Å². The number of aliphatic imine (C=N–C) groups is 1. The Kier molecular flexibility index (Phi) is 15.3. The Bertz CT molecular complexity index is 1060. The van der Waals surface area contributed by atoms with Gasteiger partial charge in [-0.3, -0.25) is 9.59 Å². The molecule has 4 rings (SSSR count). The molecule has 0 unspecified atom stereocenters. The van der Waals surface area contributed by atoms with Crippen LogP contribution in [0.25, 0.3) is 0 Å². The maximum Gasteiger partial charge on any atom is 0.481 e. The van der Waals surface area contributed by atoms with Crippen molar-refractivity contribution in [2.45, 2.75) is 168 Å². The Hall–Kier alpha value is -2.41. The third-order valence-electron chi connectivity index (χ3n) is 10.9. The number of nitrogens with two attached hydrogens (primary N) is 1. The summed E-state index contributed by atoms with van der Waals surface area (Å²) in [6.07, 6.45) is 15.6. The number of hydrogen-bond donors (Lipinski definition) is 4. The Labute approximate surface area is 283 Å². The van der Waals surface area contributed by atoms with E-state index >= 15 is 0 Å². The molecule has 0 aromatic rings. The molecule has 2 amide bonds. The third kappa shape index (κ3) is 11.3. The van der Waals surface area contributed by atoms with Crippen molar-refractivity contribution in [1.82, 2.24) is 16.1 Å². The lowest BCUT2D eigenvalue weighted by molar-refractivity contribution is -0.525. The molecule has 2 bridgehead atoms. The molecule has 4 fully saturated rings. The topological polar surface area (TPSA) is 170 Å². The van der Waals surface area contributed by atoms with Crippen molar-refractivity contribution in [2.75, 3.05) is 6.54 Å². The highest BCUT2D eigenvalue weighted by Gasteiger charge is 2.68. The molecular formula is C34H63BN6O6. The highest BCUT2D eigenvalue weighted by molar-refractivity contribution is 6.48. The predicted molar refractivity (Wildman–Crippen MR) is 186 cm³/mol. The van der Waals surface area contributed by atoms with Crippen LogP contribution in [-0.2, 0) is 18.9 Å². The number of unbranched alkanes of at least 4 members (excludes halogenated alkanes) is 9. The van der Waals surface area contributed by atoms with Crippen LogP contribution >= 0.6 is 0 Å². The Morgan fingerprint density at radius 2 is 1.64 bits per heavy atom. The molecule has 0 radical (unpaired) electrons. The number of nitro groups is 1. The van der Waals surface area contributed by atoms with Crippen LogP contribution in [0.4, 0.5) is 0 Å². The summed E-state index contributed by atoms with van der Waals surface area (Å²) < 4.78 is 13.3. The summed E-state index contributed by atoms with van der Waals surface area (Å²) >= 11 is 0. The van der Waals surface area contributed by atoms with E-state index in [4.69, 9.17) is 15.0 Å². The van der Waals surface area contributed by atoms with E-state index in [0.29, 0.717) is 37.5 Å². The van der Waals surface area contributed by atoms with Crippen LogP contribution in [0.3, 0.4) is 0 Å². The normalized spacial score (nSPS) is 25.9. The highest BCUT2D eigenvalue weighted by Crippen LogP contribution is 2.65. The van der Waals surface area contributed by atoms with Crippen LogP contribution in [0.2, 0.25) is 0 Å². The summed E-state index contributed by atoms with van der Waals surface area (Å²) in [6, 6.07) is -0.786. The minimum atomic E-state index is -0.786.